The molecule has 0 spiro atoms. The monoisotopic (exact) mass is 390 g/mol. The molecule has 6 nitrogen and oxygen atoms in total. The first kappa shape index (κ1) is 19.2. The standard InChI is InChI=1S/C23H26N4O2/c1-17-9-7-8-15-27(17)22-20-13-6-5-12-19(20)21(25-26-22)23(28)24-14-16-29-18-10-3-2-4-11-18/h2-6,10-13,17H,7-9,14-16H2,1H3,(H,24,28). The molecule has 2 aromatic carbocycles. The zero-order chi connectivity index (χ0) is 20.1. The Labute approximate surface area is 170 Å². The number of hydrogen-bond donors (Lipinski definition) is 1. The Balaban J connectivity index is 1.49. The lowest BCUT2D eigenvalue weighted by atomic mass is 10.0. The van der Waals surface area contributed by atoms with Crippen molar-refractivity contribution >= 4 is 22.5 Å². The Bertz CT molecular complexity index is 977. The van der Waals surface area contributed by atoms with Gasteiger partial charge in [-0.2, -0.15) is 0 Å². The van der Waals surface area contributed by atoms with Gasteiger partial charge in [-0.15, -0.1) is 10.2 Å². The van der Waals surface area contributed by atoms with E-state index in [0.717, 1.165) is 41.7 Å². The summed E-state index contributed by atoms with van der Waals surface area (Å²) in [5, 5.41) is 13.5. The van der Waals surface area contributed by atoms with E-state index >= 15 is 0 Å². The number of benzene rings is 2. The third kappa shape index (κ3) is 4.31. The Morgan fingerprint density at radius 1 is 1.07 bits per heavy atom. The SMILES string of the molecule is CC1CCCCN1c1nnc(C(=O)NCCOc2ccccc2)c2ccccc12. The molecule has 1 aliphatic heterocycles. The van der Waals surface area contributed by atoms with Crippen LogP contribution in [0, 0.1) is 0 Å². The summed E-state index contributed by atoms with van der Waals surface area (Å²) in [4.78, 5) is 15.1. The lowest BCUT2D eigenvalue weighted by Crippen LogP contribution is -2.38. The van der Waals surface area contributed by atoms with Gasteiger partial charge in [0.2, 0.25) is 0 Å². The maximum absolute atomic E-state index is 12.7. The summed E-state index contributed by atoms with van der Waals surface area (Å²) in [7, 11) is 0. The molecular formula is C23H26N4O2. The van der Waals surface area contributed by atoms with Gasteiger partial charge in [-0.3, -0.25) is 4.79 Å². The number of piperidine rings is 1. The van der Waals surface area contributed by atoms with Crippen molar-refractivity contribution in [2.24, 2.45) is 0 Å². The van der Waals surface area contributed by atoms with E-state index < -0.39 is 0 Å². The predicted octanol–water partition coefficient (Wildman–Crippen LogP) is 3.82. The third-order valence-electron chi connectivity index (χ3n) is 5.36. The zero-order valence-electron chi connectivity index (χ0n) is 16.7. The van der Waals surface area contributed by atoms with Gasteiger partial charge in [0.05, 0.1) is 6.54 Å². The first-order valence-electron chi connectivity index (χ1n) is 10.2. The molecule has 0 bridgehead atoms. The molecule has 4 rings (SSSR count). The molecule has 1 aliphatic rings. The van der Waals surface area contributed by atoms with E-state index in [0.29, 0.717) is 24.9 Å². The number of para-hydroxylation sites is 1. The molecule has 1 unspecified atom stereocenters. The Morgan fingerprint density at radius 2 is 1.83 bits per heavy atom. The number of amides is 1. The van der Waals surface area contributed by atoms with Gasteiger partial charge in [0.25, 0.3) is 5.91 Å². The van der Waals surface area contributed by atoms with Crippen LogP contribution in [0.4, 0.5) is 5.82 Å². The number of carbonyl (C=O) groups excluding carboxylic acids is 1. The van der Waals surface area contributed by atoms with Crippen LogP contribution in [0.5, 0.6) is 5.75 Å². The molecule has 3 aromatic rings. The average Bonchev–Trinajstić information content (AvgIpc) is 2.77. The van der Waals surface area contributed by atoms with E-state index in [1.54, 1.807) is 0 Å². The van der Waals surface area contributed by atoms with Gasteiger partial charge in [-0.25, -0.2) is 0 Å². The smallest absolute Gasteiger partial charge is 0.272 e. The fourth-order valence-electron chi connectivity index (χ4n) is 3.82. The summed E-state index contributed by atoms with van der Waals surface area (Å²) in [6.45, 7) is 3.99. The Kier molecular flexibility index (Phi) is 5.89. The van der Waals surface area contributed by atoms with Crippen molar-refractivity contribution in [1.82, 2.24) is 15.5 Å². The van der Waals surface area contributed by atoms with E-state index in [2.05, 4.69) is 27.3 Å². The minimum absolute atomic E-state index is 0.233. The summed E-state index contributed by atoms with van der Waals surface area (Å²) in [5.41, 5.74) is 0.355. The number of hydrogen-bond acceptors (Lipinski definition) is 5. The van der Waals surface area contributed by atoms with E-state index in [1.807, 2.05) is 54.6 Å². The van der Waals surface area contributed by atoms with Gasteiger partial charge in [0.15, 0.2) is 11.5 Å². The average molecular weight is 390 g/mol. The lowest BCUT2D eigenvalue weighted by molar-refractivity contribution is 0.0943. The molecule has 1 saturated heterocycles. The molecule has 0 aliphatic carbocycles. The fourth-order valence-corrected chi connectivity index (χ4v) is 3.82. The van der Waals surface area contributed by atoms with Crippen LogP contribution in [0.1, 0.15) is 36.7 Å². The van der Waals surface area contributed by atoms with Crippen molar-refractivity contribution in [3.63, 3.8) is 0 Å². The van der Waals surface area contributed by atoms with Gasteiger partial charge < -0.3 is 15.0 Å². The van der Waals surface area contributed by atoms with Crippen molar-refractivity contribution in [3.05, 3.63) is 60.3 Å². The van der Waals surface area contributed by atoms with Gasteiger partial charge >= 0.3 is 0 Å². The van der Waals surface area contributed by atoms with Crippen LogP contribution < -0.4 is 15.0 Å². The van der Waals surface area contributed by atoms with Crippen LogP contribution in [0.3, 0.4) is 0 Å². The van der Waals surface area contributed by atoms with Crippen LogP contribution in [-0.4, -0.2) is 41.8 Å². The number of nitrogens with zero attached hydrogens (tertiary/aromatic N) is 3. The Morgan fingerprint density at radius 3 is 2.62 bits per heavy atom. The molecule has 6 heteroatoms. The zero-order valence-corrected chi connectivity index (χ0v) is 16.7. The second kappa shape index (κ2) is 8.90. The molecule has 1 atom stereocenters. The maximum Gasteiger partial charge on any atom is 0.272 e. The second-order valence-electron chi connectivity index (χ2n) is 7.37. The number of fused-ring (bicyclic) bond motifs is 1. The molecule has 0 radical (unpaired) electrons. The minimum atomic E-state index is -0.233. The summed E-state index contributed by atoms with van der Waals surface area (Å²) in [6.07, 6.45) is 3.55. The molecule has 2 heterocycles. The number of rotatable bonds is 6. The van der Waals surface area contributed by atoms with Gasteiger partial charge in [-0.1, -0.05) is 42.5 Å². The maximum atomic E-state index is 12.7. The molecular weight excluding hydrogens is 364 g/mol. The van der Waals surface area contributed by atoms with Crippen LogP contribution in [0.25, 0.3) is 10.8 Å². The van der Waals surface area contributed by atoms with Gasteiger partial charge in [0.1, 0.15) is 12.4 Å². The largest absolute Gasteiger partial charge is 0.492 e. The molecule has 29 heavy (non-hydrogen) atoms. The normalized spacial score (nSPS) is 16.6. The van der Waals surface area contributed by atoms with E-state index in [1.165, 1.54) is 6.42 Å². The second-order valence-corrected chi connectivity index (χ2v) is 7.37. The summed E-state index contributed by atoms with van der Waals surface area (Å²) >= 11 is 0. The molecule has 1 fully saturated rings. The van der Waals surface area contributed by atoms with Gasteiger partial charge in [-0.05, 0) is 38.3 Å². The number of anilines is 1. The van der Waals surface area contributed by atoms with Crippen LogP contribution in [0.2, 0.25) is 0 Å². The summed E-state index contributed by atoms with van der Waals surface area (Å²) in [6, 6.07) is 17.9. The van der Waals surface area contributed by atoms with Gasteiger partial charge in [0, 0.05) is 23.4 Å². The topological polar surface area (TPSA) is 67.4 Å². The number of aromatic nitrogens is 2. The third-order valence-corrected chi connectivity index (χ3v) is 5.36. The number of carbonyl (C=O) groups is 1. The van der Waals surface area contributed by atoms with Crippen LogP contribution >= 0.6 is 0 Å². The highest BCUT2D eigenvalue weighted by molar-refractivity contribution is 6.07. The van der Waals surface area contributed by atoms with E-state index in [-0.39, 0.29) is 5.91 Å². The first-order valence-corrected chi connectivity index (χ1v) is 10.2. The van der Waals surface area contributed by atoms with Crippen LogP contribution in [-0.2, 0) is 0 Å². The molecule has 1 aromatic heterocycles. The number of nitrogens with one attached hydrogen (secondary N) is 1. The Hall–Kier alpha value is -3.15. The number of ether oxygens (including phenoxy) is 1. The fraction of sp³-hybridized carbons (Fsp3) is 0.348. The summed E-state index contributed by atoms with van der Waals surface area (Å²) in [5.74, 6) is 1.42. The molecule has 150 valence electrons. The lowest BCUT2D eigenvalue weighted by Gasteiger charge is -2.34. The summed E-state index contributed by atoms with van der Waals surface area (Å²) < 4.78 is 5.63. The highest BCUT2D eigenvalue weighted by Gasteiger charge is 2.24. The molecule has 0 saturated carbocycles. The minimum Gasteiger partial charge on any atom is -0.492 e. The molecule has 1 N–H and O–H groups in total. The van der Waals surface area contributed by atoms with Crippen molar-refractivity contribution in [1.29, 1.82) is 0 Å². The molecule has 1 amide bonds. The van der Waals surface area contributed by atoms with Crippen molar-refractivity contribution in [2.45, 2.75) is 32.2 Å². The first-order chi connectivity index (χ1) is 14.2. The quantitative estimate of drug-likeness (QED) is 0.648. The van der Waals surface area contributed by atoms with Crippen molar-refractivity contribution in [3.8, 4) is 5.75 Å². The highest BCUT2D eigenvalue weighted by Crippen LogP contribution is 2.30. The highest BCUT2D eigenvalue weighted by atomic mass is 16.5. The van der Waals surface area contributed by atoms with E-state index in [4.69, 9.17) is 4.74 Å². The van der Waals surface area contributed by atoms with Crippen LogP contribution in [0.15, 0.2) is 54.6 Å². The predicted molar refractivity (Wildman–Crippen MR) is 114 cm³/mol. The van der Waals surface area contributed by atoms with E-state index in [9.17, 15) is 4.79 Å². The van der Waals surface area contributed by atoms with Crippen molar-refractivity contribution in [2.75, 3.05) is 24.6 Å². The van der Waals surface area contributed by atoms with Crippen molar-refractivity contribution < 1.29 is 9.53 Å².